The molecule has 0 spiro atoms. The fourth-order valence-electron chi connectivity index (χ4n) is 3.39. The third-order valence-electron chi connectivity index (χ3n) is 4.76. The van der Waals surface area contributed by atoms with E-state index in [-0.39, 0.29) is 11.9 Å². The molecular formula is C20H22N6OS. The molecule has 144 valence electrons. The number of hydrogen-bond donors (Lipinski definition) is 2. The maximum atomic E-state index is 11.6. The lowest BCUT2D eigenvalue weighted by atomic mass is 10.2. The van der Waals surface area contributed by atoms with Gasteiger partial charge >= 0.3 is 0 Å². The van der Waals surface area contributed by atoms with Crippen LogP contribution in [0.3, 0.4) is 0 Å². The van der Waals surface area contributed by atoms with Crippen molar-refractivity contribution in [3.8, 4) is 10.6 Å². The molecule has 7 nitrogen and oxygen atoms in total. The summed E-state index contributed by atoms with van der Waals surface area (Å²) in [5.74, 6) is 1.25. The second kappa shape index (κ2) is 8.04. The van der Waals surface area contributed by atoms with E-state index in [1.807, 2.05) is 43.5 Å². The van der Waals surface area contributed by atoms with Crippen molar-refractivity contribution in [2.75, 3.05) is 11.9 Å². The zero-order valence-electron chi connectivity index (χ0n) is 15.6. The first-order chi connectivity index (χ1) is 13.6. The molecule has 3 N–H and O–H groups in total. The molecule has 0 saturated carbocycles. The molecular weight excluding hydrogens is 372 g/mol. The molecule has 0 aliphatic carbocycles. The number of rotatable bonds is 6. The monoisotopic (exact) mass is 394 g/mol. The van der Waals surface area contributed by atoms with E-state index in [4.69, 9.17) is 5.73 Å². The summed E-state index contributed by atoms with van der Waals surface area (Å²) in [6.45, 7) is 3.55. The minimum Gasteiger partial charge on any atom is -0.368 e. The van der Waals surface area contributed by atoms with Gasteiger partial charge in [-0.3, -0.25) is 9.69 Å². The third-order valence-corrected chi connectivity index (χ3v) is 5.76. The van der Waals surface area contributed by atoms with Crippen LogP contribution in [0, 0.1) is 6.92 Å². The Morgan fingerprint density at radius 1 is 1.32 bits per heavy atom. The van der Waals surface area contributed by atoms with E-state index in [1.165, 1.54) is 0 Å². The number of carbonyl (C=O) groups excluding carboxylic acids is 1. The fraction of sp³-hybridized carbons (Fsp3) is 0.300. The molecule has 0 bridgehead atoms. The Morgan fingerprint density at radius 3 is 3.04 bits per heavy atom. The Bertz CT molecular complexity index is 988. The van der Waals surface area contributed by atoms with Crippen LogP contribution in [0.5, 0.6) is 0 Å². The zero-order valence-corrected chi connectivity index (χ0v) is 16.4. The van der Waals surface area contributed by atoms with Crippen LogP contribution < -0.4 is 11.1 Å². The van der Waals surface area contributed by atoms with Crippen molar-refractivity contribution in [1.29, 1.82) is 0 Å². The van der Waals surface area contributed by atoms with Gasteiger partial charge in [0.2, 0.25) is 5.91 Å². The summed E-state index contributed by atoms with van der Waals surface area (Å²) in [6.07, 6.45) is 5.44. The van der Waals surface area contributed by atoms with E-state index in [1.54, 1.807) is 17.5 Å². The molecule has 8 heteroatoms. The maximum absolute atomic E-state index is 11.6. The molecule has 1 aliphatic heterocycles. The number of primary amides is 1. The second-order valence-electron chi connectivity index (χ2n) is 6.90. The van der Waals surface area contributed by atoms with Crippen LogP contribution in [0.25, 0.3) is 10.6 Å². The van der Waals surface area contributed by atoms with Gasteiger partial charge in [-0.2, -0.15) is 0 Å². The molecule has 1 saturated heterocycles. The maximum Gasteiger partial charge on any atom is 0.234 e. The first kappa shape index (κ1) is 18.5. The van der Waals surface area contributed by atoms with Crippen LogP contribution in [0.1, 0.15) is 23.4 Å². The van der Waals surface area contributed by atoms with E-state index in [0.29, 0.717) is 6.54 Å². The van der Waals surface area contributed by atoms with Gasteiger partial charge in [0.1, 0.15) is 16.6 Å². The smallest absolute Gasteiger partial charge is 0.234 e. The van der Waals surface area contributed by atoms with E-state index in [2.05, 4.69) is 25.2 Å². The average molecular weight is 395 g/mol. The number of thiazole rings is 1. The summed E-state index contributed by atoms with van der Waals surface area (Å²) < 4.78 is 0. The SMILES string of the molecule is Cc1ccnc(Nc2cccc(-c3cnc(CN4CCCC4C(N)=O)s3)n2)c1. The van der Waals surface area contributed by atoms with Crippen LogP contribution in [0.15, 0.2) is 42.7 Å². The summed E-state index contributed by atoms with van der Waals surface area (Å²) in [5.41, 5.74) is 7.50. The minimum absolute atomic E-state index is 0.181. The standard InChI is InChI=1S/C20H22N6OS/c1-13-7-8-22-18(10-13)25-17-6-2-4-14(24-17)16-11-23-19(28-16)12-26-9-3-5-15(26)20(21)27/h2,4,6-8,10-11,15H,3,5,9,12H2,1H3,(H2,21,27)(H,22,24,25). The van der Waals surface area contributed by atoms with E-state index >= 15 is 0 Å². The predicted octanol–water partition coefficient (Wildman–Crippen LogP) is 3.10. The lowest BCUT2D eigenvalue weighted by Gasteiger charge is -2.20. The van der Waals surface area contributed by atoms with Crippen molar-refractivity contribution in [3.05, 3.63) is 53.3 Å². The van der Waals surface area contributed by atoms with Crippen LogP contribution in [0.4, 0.5) is 11.6 Å². The number of anilines is 2. The summed E-state index contributed by atoms with van der Waals surface area (Å²) >= 11 is 1.59. The largest absolute Gasteiger partial charge is 0.368 e. The number of nitrogens with two attached hydrogens (primary N) is 1. The molecule has 1 aliphatic rings. The second-order valence-corrected chi connectivity index (χ2v) is 8.02. The van der Waals surface area contributed by atoms with E-state index in [9.17, 15) is 4.79 Å². The molecule has 28 heavy (non-hydrogen) atoms. The van der Waals surface area contributed by atoms with Gasteiger partial charge in [-0.05, 0) is 56.1 Å². The van der Waals surface area contributed by atoms with Crippen molar-refractivity contribution >= 4 is 28.9 Å². The highest BCUT2D eigenvalue weighted by Gasteiger charge is 2.29. The third kappa shape index (κ3) is 4.18. The molecule has 0 aromatic carbocycles. The van der Waals surface area contributed by atoms with Crippen molar-refractivity contribution in [2.24, 2.45) is 5.73 Å². The lowest BCUT2D eigenvalue weighted by molar-refractivity contribution is -0.122. The molecule has 1 amide bonds. The van der Waals surface area contributed by atoms with Gasteiger partial charge in [0.15, 0.2) is 0 Å². The highest BCUT2D eigenvalue weighted by atomic mass is 32.1. The topological polar surface area (TPSA) is 97.0 Å². The number of aromatic nitrogens is 3. The fourth-order valence-corrected chi connectivity index (χ4v) is 4.30. The molecule has 3 aromatic heterocycles. The van der Waals surface area contributed by atoms with Crippen molar-refractivity contribution in [1.82, 2.24) is 19.9 Å². The number of amides is 1. The molecule has 4 heterocycles. The van der Waals surface area contributed by atoms with Gasteiger partial charge in [-0.15, -0.1) is 11.3 Å². The Morgan fingerprint density at radius 2 is 2.21 bits per heavy atom. The number of likely N-dealkylation sites (tertiary alicyclic amines) is 1. The van der Waals surface area contributed by atoms with Crippen molar-refractivity contribution in [3.63, 3.8) is 0 Å². The first-order valence-corrected chi connectivity index (χ1v) is 10.1. The predicted molar refractivity (Wildman–Crippen MR) is 110 cm³/mol. The number of aryl methyl sites for hydroxylation is 1. The van der Waals surface area contributed by atoms with Gasteiger partial charge in [0.05, 0.1) is 23.2 Å². The average Bonchev–Trinajstić information content (AvgIpc) is 3.32. The van der Waals surface area contributed by atoms with E-state index in [0.717, 1.165) is 52.2 Å². The Kier molecular flexibility index (Phi) is 5.31. The molecule has 1 atom stereocenters. The van der Waals surface area contributed by atoms with Gasteiger partial charge < -0.3 is 11.1 Å². The van der Waals surface area contributed by atoms with Gasteiger partial charge in [-0.1, -0.05) is 6.07 Å². The zero-order chi connectivity index (χ0) is 19.5. The summed E-state index contributed by atoms with van der Waals surface area (Å²) in [6, 6.07) is 9.59. The van der Waals surface area contributed by atoms with E-state index < -0.39 is 0 Å². The highest BCUT2D eigenvalue weighted by molar-refractivity contribution is 7.15. The minimum atomic E-state index is -0.250. The normalized spacial score (nSPS) is 17.0. The molecule has 3 aromatic rings. The molecule has 1 unspecified atom stereocenters. The lowest BCUT2D eigenvalue weighted by Crippen LogP contribution is -2.39. The first-order valence-electron chi connectivity index (χ1n) is 9.24. The number of nitrogens with zero attached hydrogens (tertiary/aromatic N) is 4. The summed E-state index contributed by atoms with van der Waals surface area (Å²) in [5, 5.41) is 4.20. The molecule has 1 fully saturated rings. The van der Waals surface area contributed by atoms with Gasteiger partial charge in [-0.25, -0.2) is 15.0 Å². The number of pyridine rings is 2. The number of hydrogen-bond acceptors (Lipinski definition) is 7. The Labute approximate surface area is 167 Å². The molecule has 0 radical (unpaired) electrons. The van der Waals surface area contributed by atoms with Crippen LogP contribution >= 0.6 is 11.3 Å². The van der Waals surface area contributed by atoms with Crippen LogP contribution in [-0.2, 0) is 11.3 Å². The van der Waals surface area contributed by atoms with Gasteiger partial charge in [0, 0.05) is 12.4 Å². The quantitative estimate of drug-likeness (QED) is 0.667. The Balaban J connectivity index is 1.48. The summed E-state index contributed by atoms with van der Waals surface area (Å²) in [7, 11) is 0. The Hall–Kier alpha value is -2.84. The van der Waals surface area contributed by atoms with Crippen LogP contribution in [-0.4, -0.2) is 38.3 Å². The molecule has 4 rings (SSSR count). The van der Waals surface area contributed by atoms with Crippen molar-refractivity contribution in [2.45, 2.75) is 32.4 Å². The highest BCUT2D eigenvalue weighted by Crippen LogP contribution is 2.28. The van der Waals surface area contributed by atoms with Crippen molar-refractivity contribution < 1.29 is 4.79 Å². The summed E-state index contributed by atoms with van der Waals surface area (Å²) in [4.78, 5) is 28.2. The van der Waals surface area contributed by atoms with Crippen LogP contribution in [0.2, 0.25) is 0 Å². The van der Waals surface area contributed by atoms with Gasteiger partial charge in [0.25, 0.3) is 0 Å². The number of nitrogens with one attached hydrogen (secondary N) is 1. The number of carbonyl (C=O) groups is 1.